The summed E-state index contributed by atoms with van der Waals surface area (Å²) < 4.78 is 1.15. The van der Waals surface area contributed by atoms with Crippen LogP contribution in [0, 0.1) is 0 Å². The number of rotatable bonds is 8. The zero-order valence-electron chi connectivity index (χ0n) is 17.9. The van der Waals surface area contributed by atoms with Gasteiger partial charge in [0.25, 0.3) is 5.91 Å². The first-order valence-electron chi connectivity index (χ1n) is 10.2. The zero-order valence-corrected chi connectivity index (χ0v) is 18.7. The molecule has 1 atom stereocenters. The van der Waals surface area contributed by atoms with E-state index in [4.69, 9.17) is 0 Å². The third-order valence-corrected chi connectivity index (χ3v) is 6.39. The number of benzene rings is 2. The van der Waals surface area contributed by atoms with Gasteiger partial charge in [-0.05, 0) is 64.2 Å². The SMILES string of the molecule is CCN(CC)C(=O)c1ccc(NC(=O)CN(C)[C@H](C)c2nc3ccccc3s2)cc1. The summed E-state index contributed by atoms with van der Waals surface area (Å²) in [4.78, 5) is 33.3. The van der Waals surface area contributed by atoms with Crippen LogP contribution in [-0.4, -0.2) is 53.3 Å². The van der Waals surface area contributed by atoms with Crippen molar-refractivity contribution in [2.75, 3.05) is 32.0 Å². The Morgan fingerprint density at radius 3 is 2.37 bits per heavy atom. The van der Waals surface area contributed by atoms with Gasteiger partial charge < -0.3 is 10.2 Å². The van der Waals surface area contributed by atoms with E-state index in [0.29, 0.717) is 24.3 Å². The molecule has 0 aliphatic rings. The molecule has 1 aromatic heterocycles. The monoisotopic (exact) mass is 424 g/mol. The lowest BCUT2D eigenvalue weighted by molar-refractivity contribution is -0.117. The minimum atomic E-state index is -0.103. The van der Waals surface area contributed by atoms with E-state index in [1.165, 1.54) is 0 Å². The van der Waals surface area contributed by atoms with E-state index in [9.17, 15) is 9.59 Å². The number of amides is 2. The standard InChI is InChI=1S/C23H28N4O2S/c1-5-27(6-2)23(29)17-11-13-18(14-12-17)24-21(28)15-26(4)16(3)22-25-19-9-7-8-10-20(19)30-22/h7-14,16H,5-6,15H2,1-4H3,(H,24,28)/t16-/m1/s1. The van der Waals surface area contributed by atoms with Crippen LogP contribution < -0.4 is 5.32 Å². The molecule has 0 aliphatic heterocycles. The summed E-state index contributed by atoms with van der Waals surface area (Å²) in [7, 11) is 1.92. The van der Waals surface area contributed by atoms with Crippen LogP contribution in [0.25, 0.3) is 10.2 Å². The number of nitrogens with zero attached hydrogens (tertiary/aromatic N) is 3. The molecule has 0 saturated heterocycles. The molecule has 30 heavy (non-hydrogen) atoms. The lowest BCUT2D eigenvalue weighted by Gasteiger charge is -2.22. The molecule has 3 rings (SSSR count). The number of anilines is 1. The summed E-state index contributed by atoms with van der Waals surface area (Å²) in [6.07, 6.45) is 0. The fraction of sp³-hybridized carbons (Fsp3) is 0.348. The van der Waals surface area contributed by atoms with Crippen molar-refractivity contribution in [3.05, 3.63) is 59.1 Å². The van der Waals surface area contributed by atoms with Crippen molar-refractivity contribution in [2.24, 2.45) is 0 Å². The quantitative estimate of drug-likeness (QED) is 0.582. The smallest absolute Gasteiger partial charge is 0.253 e. The van der Waals surface area contributed by atoms with Crippen molar-refractivity contribution >= 4 is 39.1 Å². The molecule has 2 amide bonds. The highest BCUT2D eigenvalue weighted by Crippen LogP contribution is 2.28. The molecule has 1 heterocycles. The third kappa shape index (κ3) is 5.04. The van der Waals surface area contributed by atoms with Gasteiger partial charge in [0.1, 0.15) is 5.01 Å². The van der Waals surface area contributed by atoms with Gasteiger partial charge in [-0.1, -0.05) is 12.1 Å². The fourth-order valence-corrected chi connectivity index (χ4v) is 4.30. The number of hydrogen-bond donors (Lipinski definition) is 1. The molecule has 0 spiro atoms. The Hall–Kier alpha value is -2.77. The second-order valence-corrected chi connectivity index (χ2v) is 8.28. The largest absolute Gasteiger partial charge is 0.339 e. The summed E-state index contributed by atoms with van der Waals surface area (Å²) in [5, 5.41) is 3.90. The average Bonchev–Trinajstić information content (AvgIpc) is 3.18. The van der Waals surface area contributed by atoms with E-state index >= 15 is 0 Å². The third-order valence-electron chi connectivity index (χ3n) is 5.19. The highest BCUT2D eigenvalue weighted by Gasteiger charge is 2.19. The van der Waals surface area contributed by atoms with E-state index in [1.54, 1.807) is 40.5 Å². The van der Waals surface area contributed by atoms with Gasteiger partial charge >= 0.3 is 0 Å². The predicted octanol–water partition coefficient (Wildman–Crippen LogP) is 4.41. The molecule has 1 N–H and O–H groups in total. The van der Waals surface area contributed by atoms with Crippen molar-refractivity contribution in [1.29, 1.82) is 0 Å². The van der Waals surface area contributed by atoms with Gasteiger partial charge in [0.15, 0.2) is 0 Å². The molecule has 0 unspecified atom stereocenters. The van der Waals surface area contributed by atoms with Crippen LogP contribution >= 0.6 is 11.3 Å². The van der Waals surface area contributed by atoms with E-state index in [-0.39, 0.29) is 24.4 Å². The van der Waals surface area contributed by atoms with Crippen LogP contribution in [0.2, 0.25) is 0 Å². The number of thiazole rings is 1. The number of likely N-dealkylation sites (N-methyl/N-ethyl adjacent to an activating group) is 1. The molecule has 7 heteroatoms. The summed E-state index contributed by atoms with van der Waals surface area (Å²) in [6, 6.07) is 15.1. The van der Waals surface area contributed by atoms with Gasteiger partial charge in [0.05, 0.1) is 22.8 Å². The number of nitrogens with one attached hydrogen (secondary N) is 1. The van der Waals surface area contributed by atoms with Crippen LogP contribution in [0.1, 0.15) is 42.2 Å². The van der Waals surface area contributed by atoms with Gasteiger partial charge in [-0.2, -0.15) is 0 Å². The van der Waals surface area contributed by atoms with Gasteiger partial charge in [0, 0.05) is 24.3 Å². The summed E-state index contributed by atoms with van der Waals surface area (Å²) >= 11 is 1.65. The minimum absolute atomic E-state index is 0.00210. The molecule has 3 aromatic rings. The number of para-hydroxylation sites is 1. The molecule has 158 valence electrons. The predicted molar refractivity (Wildman–Crippen MR) is 123 cm³/mol. The first-order chi connectivity index (χ1) is 14.4. The Morgan fingerprint density at radius 2 is 1.73 bits per heavy atom. The van der Waals surface area contributed by atoms with Crippen molar-refractivity contribution in [3.63, 3.8) is 0 Å². The first-order valence-corrected chi connectivity index (χ1v) is 11.0. The minimum Gasteiger partial charge on any atom is -0.339 e. The first kappa shape index (κ1) is 21.9. The van der Waals surface area contributed by atoms with Crippen LogP contribution in [-0.2, 0) is 4.79 Å². The number of hydrogen-bond acceptors (Lipinski definition) is 5. The average molecular weight is 425 g/mol. The van der Waals surface area contributed by atoms with Gasteiger partial charge in [-0.25, -0.2) is 4.98 Å². The fourth-order valence-electron chi connectivity index (χ4n) is 3.21. The van der Waals surface area contributed by atoms with Gasteiger partial charge in [-0.3, -0.25) is 14.5 Å². The van der Waals surface area contributed by atoms with Gasteiger partial charge in [-0.15, -0.1) is 11.3 Å². The van der Waals surface area contributed by atoms with Crippen LogP contribution in [0.5, 0.6) is 0 Å². The summed E-state index contributed by atoms with van der Waals surface area (Å²) in [5.41, 5.74) is 2.29. The molecular formula is C23H28N4O2S. The maximum Gasteiger partial charge on any atom is 0.253 e. The molecule has 0 bridgehead atoms. The maximum atomic E-state index is 12.5. The molecule has 2 aromatic carbocycles. The molecular weight excluding hydrogens is 396 g/mol. The van der Waals surface area contributed by atoms with Crippen molar-refractivity contribution < 1.29 is 9.59 Å². The highest BCUT2D eigenvalue weighted by molar-refractivity contribution is 7.18. The Labute approximate surface area is 181 Å². The van der Waals surface area contributed by atoms with E-state index in [1.807, 2.05) is 44.0 Å². The van der Waals surface area contributed by atoms with Crippen molar-refractivity contribution in [1.82, 2.24) is 14.8 Å². The Morgan fingerprint density at radius 1 is 1.07 bits per heavy atom. The summed E-state index contributed by atoms with van der Waals surface area (Å²) in [6.45, 7) is 7.57. The number of aromatic nitrogens is 1. The molecule has 0 aliphatic carbocycles. The molecule has 0 saturated carbocycles. The zero-order chi connectivity index (χ0) is 21.7. The Balaban J connectivity index is 1.58. The summed E-state index contributed by atoms with van der Waals surface area (Å²) in [5.74, 6) is -0.101. The number of carbonyl (C=O) groups excluding carboxylic acids is 2. The highest BCUT2D eigenvalue weighted by atomic mass is 32.1. The number of carbonyl (C=O) groups is 2. The lowest BCUT2D eigenvalue weighted by atomic mass is 10.1. The topological polar surface area (TPSA) is 65.5 Å². The Kier molecular flexibility index (Phi) is 7.18. The van der Waals surface area contributed by atoms with Crippen LogP contribution in [0.4, 0.5) is 5.69 Å². The normalized spacial score (nSPS) is 12.2. The molecule has 0 fully saturated rings. The lowest BCUT2D eigenvalue weighted by Crippen LogP contribution is -2.32. The van der Waals surface area contributed by atoms with Crippen LogP contribution in [0.15, 0.2) is 48.5 Å². The van der Waals surface area contributed by atoms with Crippen molar-refractivity contribution in [3.8, 4) is 0 Å². The van der Waals surface area contributed by atoms with E-state index < -0.39 is 0 Å². The van der Waals surface area contributed by atoms with Gasteiger partial charge in [0.2, 0.25) is 5.91 Å². The maximum absolute atomic E-state index is 12.5. The second kappa shape index (κ2) is 9.82. The molecule has 6 nitrogen and oxygen atoms in total. The molecule has 0 radical (unpaired) electrons. The van der Waals surface area contributed by atoms with E-state index in [2.05, 4.69) is 23.3 Å². The van der Waals surface area contributed by atoms with Crippen LogP contribution in [0.3, 0.4) is 0 Å². The number of fused-ring (bicyclic) bond motifs is 1. The Bertz CT molecular complexity index is 978. The second-order valence-electron chi connectivity index (χ2n) is 7.21. The van der Waals surface area contributed by atoms with Crippen molar-refractivity contribution in [2.45, 2.75) is 26.8 Å². The van der Waals surface area contributed by atoms with E-state index in [0.717, 1.165) is 15.2 Å².